The molecule has 2 heterocycles. The SMILES string of the molecule is CNc1ccc(Cl)c(C(F)(F)F)c1.NC(=O)c1c(-c2cccc(Cl)c2)nn2c1CN(C=O)CC2. The first-order valence-electron chi connectivity index (χ1n) is 9.94. The lowest BCUT2D eigenvalue weighted by molar-refractivity contribution is -0.137. The van der Waals surface area contributed by atoms with Crippen molar-refractivity contribution < 1.29 is 22.8 Å². The van der Waals surface area contributed by atoms with E-state index in [2.05, 4.69) is 10.4 Å². The van der Waals surface area contributed by atoms with Gasteiger partial charge in [0, 0.05) is 29.9 Å². The Hall–Kier alpha value is -3.24. The third kappa shape index (κ3) is 5.63. The summed E-state index contributed by atoms with van der Waals surface area (Å²) in [4.78, 5) is 24.4. The minimum Gasteiger partial charge on any atom is -0.388 e. The van der Waals surface area contributed by atoms with Crippen molar-refractivity contribution in [3.05, 3.63) is 69.3 Å². The van der Waals surface area contributed by atoms with Gasteiger partial charge in [-0.05, 0) is 30.3 Å². The number of carbonyl (C=O) groups is 2. The Balaban J connectivity index is 0.000000215. The van der Waals surface area contributed by atoms with Crippen LogP contribution in [0.4, 0.5) is 18.9 Å². The standard InChI is InChI=1S/C14H13ClN4O2.C8H7ClF3N/c15-10-3-1-2-9(6-10)13-12(14(16)21)11-7-18(8-20)4-5-19(11)17-13;1-13-5-2-3-7(9)6(4-5)8(10,11)12/h1-3,6,8H,4-5,7H2,(H2,16,21);2-4,13H,1H3. The van der Waals surface area contributed by atoms with E-state index in [1.165, 1.54) is 12.1 Å². The summed E-state index contributed by atoms with van der Waals surface area (Å²) in [6.07, 6.45) is -3.63. The van der Waals surface area contributed by atoms with Gasteiger partial charge >= 0.3 is 6.18 Å². The fourth-order valence-corrected chi connectivity index (χ4v) is 3.84. The number of rotatable bonds is 4. The zero-order valence-corrected chi connectivity index (χ0v) is 19.4. The van der Waals surface area contributed by atoms with Crippen LogP contribution in [0.25, 0.3) is 11.3 Å². The van der Waals surface area contributed by atoms with Crippen LogP contribution in [0.3, 0.4) is 0 Å². The van der Waals surface area contributed by atoms with Crippen molar-refractivity contribution in [1.82, 2.24) is 14.7 Å². The summed E-state index contributed by atoms with van der Waals surface area (Å²) in [7, 11) is 1.55. The van der Waals surface area contributed by atoms with Gasteiger partial charge in [0.25, 0.3) is 5.91 Å². The van der Waals surface area contributed by atoms with Gasteiger partial charge in [-0.25, -0.2) is 0 Å². The third-order valence-corrected chi connectivity index (χ3v) is 5.63. The number of carbonyl (C=O) groups excluding carboxylic acids is 2. The Morgan fingerprint density at radius 1 is 1.18 bits per heavy atom. The van der Waals surface area contributed by atoms with Crippen molar-refractivity contribution in [3.63, 3.8) is 0 Å². The lowest BCUT2D eigenvalue weighted by atomic mass is 10.0. The molecule has 0 saturated carbocycles. The van der Waals surface area contributed by atoms with Crippen LogP contribution in [0.15, 0.2) is 42.5 Å². The van der Waals surface area contributed by atoms with Gasteiger partial charge in [0.05, 0.1) is 34.9 Å². The van der Waals surface area contributed by atoms with Crippen LogP contribution in [0.5, 0.6) is 0 Å². The minimum atomic E-state index is -4.40. The molecule has 3 aromatic rings. The summed E-state index contributed by atoms with van der Waals surface area (Å²) in [5.74, 6) is -0.557. The molecule has 1 aliphatic heterocycles. The topological polar surface area (TPSA) is 93.2 Å². The highest BCUT2D eigenvalue weighted by Gasteiger charge is 2.33. The maximum atomic E-state index is 12.3. The van der Waals surface area contributed by atoms with Crippen molar-refractivity contribution >= 4 is 41.2 Å². The van der Waals surface area contributed by atoms with Gasteiger partial charge in [0.2, 0.25) is 6.41 Å². The van der Waals surface area contributed by atoms with Crippen LogP contribution in [-0.4, -0.2) is 40.6 Å². The minimum absolute atomic E-state index is 0.286. The predicted octanol–water partition coefficient (Wildman–Crippen LogP) is 4.67. The highest BCUT2D eigenvalue weighted by atomic mass is 35.5. The quantitative estimate of drug-likeness (QED) is 0.495. The van der Waals surface area contributed by atoms with Crippen molar-refractivity contribution in [3.8, 4) is 11.3 Å². The van der Waals surface area contributed by atoms with Crippen molar-refractivity contribution in [1.29, 1.82) is 0 Å². The number of aromatic nitrogens is 2. The van der Waals surface area contributed by atoms with Crippen molar-refractivity contribution in [2.45, 2.75) is 19.3 Å². The van der Waals surface area contributed by atoms with Gasteiger partial charge in [-0.2, -0.15) is 18.3 Å². The number of primary amides is 1. The summed E-state index contributed by atoms with van der Waals surface area (Å²) in [6, 6.07) is 10.8. The molecule has 0 saturated heterocycles. The molecule has 2 aromatic carbocycles. The molecule has 0 radical (unpaired) electrons. The summed E-state index contributed by atoms with van der Waals surface area (Å²) in [6.45, 7) is 1.43. The van der Waals surface area contributed by atoms with E-state index in [1.807, 2.05) is 6.07 Å². The first-order chi connectivity index (χ1) is 16.0. The molecule has 2 amide bonds. The number of anilines is 1. The van der Waals surface area contributed by atoms with E-state index < -0.39 is 17.6 Å². The Kier molecular flexibility index (Phi) is 7.73. The zero-order chi connectivity index (χ0) is 25.0. The Bertz CT molecular complexity index is 1210. The molecule has 12 heteroatoms. The molecule has 0 unspecified atom stereocenters. The number of hydrogen-bond acceptors (Lipinski definition) is 4. The number of nitrogens with one attached hydrogen (secondary N) is 1. The van der Waals surface area contributed by atoms with Gasteiger partial charge in [-0.3, -0.25) is 14.3 Å². The van der Waals surface area contributed by atoms with E-state index in [9.17, 15) is 22.8 Å². The predicted molar refractivity (Wildman–Crippen MR) is 124 cm³/mol. The summed E-state index contributed by atoms with van der Waals surface area (Å²) in [5.41, 5.74) is 7.33. The van der Waals surface area contributed by atoms with Gasteiger partial charge < -0.3 is 16.0 Å². The number of nitrogens with zero attached hydrogens (tertiary/aromatic N) is 3. The van der Waals surface area contributed by atoms with Gasteiger partial charge in [-0.15, -0.1) is 0 Å². The number of benzene rings is 2. The molecule has 1 aromatic heterocycles. The number of fused-ring (bicyclic) bond motifs is 1. The second kappa shape index (κ2) is 10.4. The number of hydrogen-bond donors (Lipinski definition) is 2. The van der Waals surface area contributed by atoms with Crippen molar-refractivity contribution in [2.24, 2.45) is 5.73 Å². The fourth-order valence-electron chi connectivity index (χ4n) is 3.42. The molecule has 4 rings (SSSR count). The molecular formula is C22H20Cl2F3N5O2. The number of amides is 2. The monoisotopic (exact) mass is 513 g/mol. The second-order valence-corrected chi connectivity index (χ2v) is 8.13. The van der Waals surface area contributed by atoms with Crippen LogP contribution in [0, 0.1) is 0 Å². The molecular weight excluding hydrogens is 494 g/mol. The first-order valence-corrected chi connectivity index (χ1v) is 10.7. The Labute approximate surface area is 203 Å². The lowest BCUT2D eigenvalue weighted by Gasteiger charge is -2.24. The van der Waals surface area contributed by atoms with Crippen LogP contribution < -0.4 is 11.1 Å². The fraction of sp³-hybridized carbons (Fsp3) is 0.227. The van der Waals surface area contributed by atoms with Crippen LogP contribution in [0.2, 0.25) is 10.0 Å². The van der Waals surface area contributed by atoms with Gasteiger partial charge in [-0.1, -0.05) is 35.3 Å². The molecule has 7 nitrogen and oxygen atoms in total. The van der Waals surface area contributed by atoms with E-state index in [-0.39, 0.29) is 5.02 Å². The van der Waals surface area contributed by atoms with E-state index in [1.54, 1.807) is 34.8 Å². The molecule has 0 fully saturated rings. The Morgan fingerprint density at radius 2 is 1.91 bits per heavy atom. The molecule has 3 N–H and O–H groups in total. The number of nitrogens with two attached hydrogens (primary N) is 1. The smallest absolute Gasteiger partial charge is 0.388 e. The summed E-state index contributed by atoms with van der Waals surface area (Å²) >= 11 is 11.4. The maximum Gasteiger partial charge on any atom is 0.417 e. The van der Waals surface area contributed by atoms with Crippen molar-refractivity contribution in [2.75, 3.05) is 18.9 Å². The van der Waals surface area contributed by atoms with E-state index >= 15 is 0 Å². The Morgan fingerprint density at radius 3 is 2.50 bits per heavy atom. The first kappa shape index (κ1) is 25.4. The molecule has 34 heavy (non-hydrogen) atoms. The average Bonchev–Trinajstić information content (AvgIpc) is 3.18. The molecule has 0 spiro atoms. The second-order valence-electron chi connectivity index (χ2n) is 7.29. The summed E-state index contributed by atoms with van der Waals surface area (Å²) in [5, 5.41) is 7.35. The number of alkyl halides is 3. The maximum absolute atomic E-state index is 12.3. The van der Waals surface area contributed by atoms with Crippen LogP contribution in [0.1, 0.15) is 21.6 Å². The highest BCUT2D eigenvalue weighted by Crippen LogP contribution is 2.36. The highest BCUT2D eigenvalue weighted by molar-refractivity contribution is 6.31. The average molecular weight is 514 g/mol. The van der Waals surface area contributed by atoms with Gasteiger partial charge in [0.1, 0.15) is 5.69 Å². The van der Waals surface area contributed by atoms with Crippen LogP contribution >= 0.6 is 23.2 Å². The molecule has 1 aliphatic rings. The molecule has 0 aliphatic carbocycles. The normalized spacial score (nSPS) is 12.9. The van der Waals surface area contributed by atoms with Crippen LogP contribution in [-0.2, 0) is 24.1 Å². The van der Waals surface area contributed by atoms with E-state index in [0.29, 0.717) is 47.3 Å². The van der Waals surface area contributed by atoms with Gasteiger partial charge in [0.15, 0.2) is 0 Å². The van der Waals surface area contributed by atoms with E-state index in [0.717, 1.165) is 18.0 Å². The largest absolute Gasteiger partial charge is 0.417 e. The van der Waals surface area contributed by atoms with E-state index in [4.69, 9.17) is 28.9 Å². The molecule has 0 atom stereocenters. The molecule has 180 valence electrons. The number of halogens is 5. The molecule has 0 bridgehead atoms. The summed E-state index contributed by atoms with van der Waals surface area (Å²) < 4.78 is 38.5. The zero-order valence-electron chi connectivity index (χ0n) is 17.9. The lowest BCUT2D eigenvalue weighted by Crippen LogP contribution is -2.34. The third-order valence-electron chi connectivity index (χ3n) is 5.06.